The van der Waals surface area contributed by atoms with Crippen LogP contribution in [-0.4, -0.2) is 21.7 Å². The zero-order valence-electron chi connectivity index (χ0n) is 20.8. The number of imidazole rings is 1. The molecule has 5 rings (SSSR count). The Morgan fingerprint density at radius 3 is 2.06 bits per heavy atom. The second-order valence-corrected chi connectivity index (χ2v) is 13.1. The topological polar surface area (TPSA) is 67.0 Å². The summed E-state index contributed by atoms with van der Waals surface area (Å²) in [5.74, 6) is 0.813. The van der Waals surface area contributed by atoms with Crippen LogP contribution in [0.15, 0.2) is 34.9 Å². The average molecular weight is 517 g/mol. The van der Waals surface area contributed by atoms with Gasteiger partial charge in [0.1, 0.15) is 11.4 Å². The summed E-state index contributed by atoms with van der Waals surface area (Å²) in [6, 6.07) is 8.68. The molecule has 3 fully saturated rings. The Bertz CT molecular complexity index is 973. The number of halogens is 1. The van der Waals surface area contributed by atoms with E-state index in [-0.39, 0.29) is 16.9 Å². The predicted molar refractivity (Wildman–Crippen MR) is 135 cm³/mol. The molecule has 1 heterocycles. The summed E-state index contributed by atoms with van der Waals surface area (Å²) in [5, 5.41) is 3.06. The van der Waals surface area contributed by atoms with Crippen LogP contribution in [0.2, 0.25) is 0 Å². The summed E-state index contributed by atoms with van der Waals surface area (Å²) in [6.45, 7) is 12.0. The molecule has 3 saturated carbocycles. The van der Waals surface area contributed by atoms with E-state index >= 15 is 0 Å². The molecule has 5 nitrogen and oxygen atoms in total. The number of hydrogen-bond acceptors (Lipinski definition) is 3. The maximum absolute atomic E-state index is 12.5. The number of nitrogens with one attached hydrogen (secondary N) is 2. The number of rotatable bonds is 4. The average Bonchev–Trinajstić information content (AvgIpc) is 3.22. The number of amides is 1. The zero-order chi connectivity index (χ0) is 24.1. The minimum atomic E-state index is -0.536. The number of carbonyl (C=O) groups is 1. The molecule has 2 aromatic rings. The van der Waals surface area contributed by atoms with Crippen LogP contribution in [0.3, 0.4) is 0 Å². The van der Waals surface area contributed by atoms with Gasteiger partial charge >= 0.3 is 6.09 Å². The fourth-order valence-electron chi connectivity index (χ4n) is 5.70. The van der Waals surface area contributed by atoms with E-state index in [1.165, 1.54) is 49.8 Å². The van der Waals surface area contributed by atoms with Gasteiger partial charge in [-0.05, 0) is 87.8 Å². The number of benzene rings is 1. The molecule has 2 bridgehead atoms. The van der Waals surface area contributed by atoms with Gasteiger partial charge in [-0.3, -0.25) is 0 Å². The van der Waals surface area contributed by atoms with E-state index in [9.17, 15) is 4.79 Å². The van der Waals surface area contributed by atoms with Crippen molar-refractivity contribution in [1.29, 1.82) is 0 Å². The first-order valence-electron chi connectivity index (χ1n) is 12.1. The Morgan fingerprint density at radius 2 is 1.55 bits per heavy atom. The van der Waals surface area contributed by atoms with Gasteiger partial charge < -0.3 is 15.0 Å². The van der Waals surface area contributed by atoms with Gasteiger partial charge in [-0.1, -0.05) is 48.8 Å². The molecule has 0 saturated heterocycles. The number of alkyl carbamates (subject to hydrolysis) is 1. The Kier molecular flexibility index (Phi) is 6.22. The summed E-state index contributed by atoms with van der Waals surface area (Å²) in [5.41, 5.74) is 2.44. The highest BCUT2D eigenvalue weighted by Crippen LogP contribution is 2.58. The van der Waals surface area contributed by atoms with Crippen LogP contribution in [-0.2, 0) is 15.6 Å². The zero-order valence-corrected chi connectivity index (χ0v) is 22.4. The molecule has 6 heteroatoms. The van der Waals surface area contributed by atoms with Crippen LogP contribution in [0.5, 0.6) is 0 Å². The first-order valence-corrected chi connectivity index (χ1v) is 12.9. The molecule has 0 aliphatic heterocycles. The van der Waals surface area contributed by atoms with Crippen LogP contribution in [0, 0.1) is 5.41 Å². The molecule has 3 aliphatic carbocycles. The van der Waals surface area contributed by atoms with Crippen molar-refractivity contribution in [3.8, 4) is 0 Å². The maximum atomic E-state index is 12.5. The van der Waals surface area contributed by atoms with E-state index in [2.05, 4.69) is 71.3 Å². The smallest absolute Gasteiger partial charge is 0.408 e. The van der Waals surface area contributed by atoms with E-state index in [4.69, 9.17) is 9.72 Å². The van der Waals surface area contributed by atoms with Crippen molar-refractivity contribution in [2.75, 3.05) is 0 Å². The highest BCUT2D eigenvalue weighted by Gasteiger charge is 2.51. The summed E-state index contributed by atoms with van der Waals surface area (Å²) < 4.78 is 6.66. The maximum Gasteiger partial charge on any atom is 0.408 e. The van der Waals surface area contributed by atoms with E-state index in [0.29, 0.717) is 5.41 Å². The van der Waals surface area contributed by atoms with Gasteiger partial charge in [-0.25, -0.2) is 9.78 Å². The molecule has 1 aromatic heterocycles. The lowest BCUT2D eigenvalue weighted by molar-refractivity contribution is 0.0458. The largest absolute Gasteiger partial charge is 0.444 e. The van der Waals surface area contributed by atoms with Crippen LogP contribution >= 0.6 is 15.9 Å². The second kappa shape index (κ2) is 8.44. The first kappa shape index (κ1) is 24.3. The van der Waals surface area contributed by atoms with Crippen molar-refractivity contribution in [3.63, 3.8) is 0 Å². The Hall–Kier alpha value is -1.82. The molecule has 33 heavy (non-hydrogen) atoms. The predicted octanol–water partition coefficient (Wildman–Crippen LogP) is 7.33. The molecule has 3 aliphatic rings. The van der Waals surface area contributed by atoms with E-state index in [1.807, 2.05) is 27.0 Å². The summed E-state index contributed by atoms with van der Waals surface area (Å²) in [4.78, 5) is 21.0. The van der Waals surface area contributed by atoms with Gasteiger partial charge in [-0.2, -0.15) is 0 Å². The summed E-state index contributed by atoms with van der Waals surface area (Å²) >= 11 is 3.57. The fraction of sp³-hybridized carbons (Fsp3) is 0.630. The number of nitrogens with zero attached hydrogens (tertiary/aromatic N) is 1. The quantitative estimate of drug-likeness (QED) is 0.447. The standard InChI is InChI=1S/C27H38BrN3O2/c1-24(2,3)21(31-23(32)33-25(4,5)6)22-29-17-20(30-22)27-14-11-26(12-15-27,13-16-27)18-7-9-19(28)10-8-18/h7-10,17,21H,11-16H2,1-6H3,(H,29,30)(H,31,32)/t21-,26?,27?/m1/s1. The summed E-state index contributed by atoms with van der Waals surface area (Å²) in [7, 11) is 0. The van der Waals surface area contributed by atoms with Crippen molar-refractivity contribution < 1.29 is 9.53 Å². The molecule has 1 aromatic carbocycles. The molecule has 0 unspecified atom stereocenters. The molecule has 0 radical (unpaired) electrons. The van der Waals surface area contributed by atoms with E-state index in [1.54, 1.807) is 0 Å². The number of aromatic amines is 1. The number of ether oxygens (including phenoxy) is 1. The molecular formula is C27H38BrN3O2. The Morgan fingerprint density at radius 1 is 1.00 bits per heavy atom. The van der Waals surface area contributed by atoms with Gasteiger partial charge in [0.15, 0.2) is 0 Å². The lowest BCUT2D eigenvalue weighted by atomic mass is 9.51. The van der Waals surface area contributed by atoms with E-state index < -0.39 is 11.7 Å². The van der Waals surface area contributed by atoms with Crippen LogP contribution in [0.25, 0.3) is 0 Å². The van der Waals surface area contributed by atoms with Crippen LogP contribution in [0.1, 0.15) is 103 Å². The SMILES string of the molecule is CC(C)(C)OC(=O)N[C@H](c1ncc(C23CCC(c4ccc(Br)cc4)(CC2)CC3)[nH]1)C(C)(C)C. The fourth-order valence-corrected chi connectivity index (χ4v) is 5.96. The highest BCUT2D eigenvalue weighted by molar-refractivity contribution is 9.10. The molecule has 2 N–H and O–H groups in total. The number of aromatic nitrogens is 2. The molecule has 180 valence electrons. The molecule has 0 spiro atoms. The van der Waals surface area contributed by atoms with Crippen molar-refractivity contribution in [2.45, 2.75) is 103 Å². The van der Waals surface area contributed by atoms with E-state index in [0.717, 1.165) is 10.3 Å². The molecule has 1 amide bonds. The lowest BCUT2D eigenvalue weighted by Crippen LogP contribution is -2.46. The van der Waals surface area contributed by atoms with Crippen LogP contribution in [0.4, 0.5) is 4.79 Å². The molecule has 1 atom stereocenters. The third-order valence-corrected chi connectivity index (χ3v) is 8.20. The number of fused-ring (bicyclic) bond motifs is 3. The van der Waals surface area contributed by atoms with Crippen molar-refractivity contribution in [2.24, 2.45) is 5.41 Å². The Balaban J connectivity index is 1.52. The van der Waals surface area contributed by atoms with Crippen molar-refractivity contribution in [1.82, 2.24) is 15.3 Å². The second-order valence-electron chi connectivity index (χ2n) is 12.2. The van der Waals surface area contributed by atoms with Gasteiger partial charge in [0.2, 0.25) is 0 Å². The minimum absolute atomic E-state index is 0.163. The Labute approximate surface area is 206 Å². The molecular weight excluding hydrogens is 478 g/mol. The third kappa shape index (κ3) is 5.01. The van der Waals surface area contributed by atoms with Gasteiger partial charge in [0.05, 0.1) is 6.04 Å². The summed E-state index contributed by atoms with van der Waals surface area (Å²) in [6.07, 6.45) is 8.75. The van der Waals surface area contributed by atoms with Crippen molar-refractivity contribution in [3.05, 3.63) is 52.0 Å². The van der Waals surface area contributed by atoms with Gasteiger partial charge in [-0.15, -0.1) is 0 Å². The first-order chi connectivity index (χ1) is 15.3. The number of H-pyrrole nitrogens is 1. The lowest BCUT2D eigenvalue weighted by Gasteiger charge is -2.53. The van der Waals surface area contributed by atoms with Gasteiger partial charge in [0, 0.05) is 21.8 Å². The highest BCUT2D eigenvalue weighted by atomic mass is 79.9. The normalized spacial score (nSPS) is 26.2. The number of carbonyl (C=O) groups excluding carboxylic acids is 1. The van der Waals surface area contributed by atoms with Gasteiger partial charge in [0.25, 0.3) is 0 Å². The van der Waals surface area contributed by atoms with Crippen LogP contribution < -0.4 is 5.32 Å². The monoisotopic (exact) mass is 515 g/mol. The third-order valence-electron chi connectivity index (χ3n) is 7.67. The number of hydrogen-bond donors (Lipinski definition) is 2. The minimum Gasteiger partial charge on any atom is -0.444 e. The van der Waals surface area contributed by atoms with Crippen molar-refractivity contribution >= 4 is 22.0 Å².